The molecule has 0 saturated heterocycles. The highest BCUT2D eigenvalue weighted by molar-refractivity contribution is 7.09. The summed E-state index contributed by atoms with van der Waals surface area (Å²) in [4.78, 5) is 15.2. The highest BCUT2D eigenvalue weighted by Gasteiger charge is 2.01. The van der Waals surface area contributed by atoms with Crippen LogP contribution in [0.2, 0.25) is 0 Å². The minimum Gasteiger partial charge on any atom is -0.294 e. The average Bonchev–Trinajstić information content (AvgIpc) is 2.37. The number of carbonyl (C=O) groups is 1. The van der Waals surface area contributed by atoms with Gasteiger partial charge in [-0.25, -0.2) is 4.98 Å². The number of hydrogen-bond donors (Lipinski definition) is 0. The molecule has 0 aliphatic rings. The summed E-state index contributed by atoms with van der Waals surface area (Å²) in [6, 6.07) is 0. The molecule has 0 N–H and O–H groups in total. The van der Waals surface area contributed by atoms with E-state index in [0.717, 1.165) is 10.6 Å². The standard InChI is InChI=1S/C9H11NOS/c1-7(2)5-8(11)6-9-10-3-4-12-9/h3-5H,6H2,1-2H3. The first-order chi connectivity index (χ1) is 5.68. The zero-order chi connectivity index (χ0) is 8.97. The third-order valence-corrected chi connectivity index (χ3v) is 2.04. The van der Waals surface area contributed by atoms with Crippen molar-refractivity contribution in [2.24, 2.45) is 0 Å². The van der Waals surface area contributed by atoms with Gasteiger partial charge in [0, 0.05) is 11.6 Å². The number of carbonyl (C=O) groups excluding carboxylic acids is 1. The van der Waals surface area contributed by atoms with E-state index in [1.165, 1.54) is 11.3 Å². The lowest BCUT2D eigenvalue weighted by Crippen LogP contribution is -1.98. The molecule has 0 spiro atoms. The minimum atomic E-state index is 0.130. The van der Waals surface area contributed by atoms with Crippen LogP contribution in [0.5, 0.6) is 0 Å². The molecule has 0 aromatic carbocycles. The largest absolute Gasteiger partial charge is 0.294 e. The van der Waals surface area contributed by atoms with Crippen LogP contribution in [0, 0.1) is 0 Å². The number of ketones is 1. The Morgan fingerprint density at radius 2 is 2.42 bits per heavy atom. The summed E-state index contributed by atoms with van der Waals surface area (Å²) >= 11 is 1.52. The normalized spacial score (nSPS) is 9.50. The van der Waals surface area contributed by atoms with E-state index in [0.29, 0.717) is 6.42 Å². The van der Waals surface area contributed by atoms with Crippen molar-refractivity contribution in [3.8, 4) is 0 Å². The SMILES string of the molecule is CC(C)=CC(=O)Cc1nccs1. The van der Waals surface area contributed by atoms with Gasteiger partial charge in [0.05, 0.1) is 6.42 Å². The van der Waals surface area contributed by atoms with Gasteiger partial charge in [-0.1, -0.05) is 5.57 Å². The maximum absolute atomic E-state index is 11.2. The van der Waals surface area contributed by atoms with Crippen molar-refractivity contribution >= 4 is 17.1 Å². The molecule has 1 aromatic heterocycles. The first-order valence-corrected chi connectivity index (χ1v) is 4.62. The predicted octanol–water partition coefficient (Wildman–Crippen LogP) is 2.22. The summed E-state index contributed by atoms with van der Waals surface area (Å²) in [6.45, 7) is 3.83. The lowest BCUT2D eigenvalue weighted by molar-refractivity contribution is -0.114. The number of allylic oxidation sites excluding steroid dienone is 2. The Hall–Kier alpha value is -0.960. The summed E-state index contributed by atoms with van der Waals surface area (Å²) < 4.78 is 0. The summed E-state index contributed by atoms with van der Waals surface area (Å²) in [7, 11) is 0. The van der Waals surface area contributed by atoms with Gasteiger partial charge in [-0.15, -0.1) is 11.3 Å². The van der Waals surface area contributed by atoms with E-state index in [4.69, 9.17) is 0 Å². The molecule has 0 bridgehead atoms. The Bertz CT molecular complexity index is 283. The molecule has 0 amide bonds. The Labute approximate surface area is 76.0 Å². The summed E-state index contributed by atoms with van der Waals surface area (Å²) in [5, 5.41) is 2.77. The summed E-state index contributed by atoms with van der Waals surface area (Å²) in [5.41, 5.74) is 1.04. The van der Waals surface area contributed by atoms with E-state index >= 15 is 0 Å². The van der Waals surface area contributed by atoms with Crippen LogP contribution in [-0.2, 0) is 11.2 Å². The van der Waals surface area contributed by atoms with E-state index in [-0.39, 0.29) is 5.78 Å². The van der Waals surface area contributed by atoms with Gasteiger partial charge in [-0.2, -0.15) is 0 Å². The molecule has 12 heavy (non-hydrogen) atoms. The van der Waals surface area contributed by atoms with Crippen LogP contribution in [0.3, 0.4) is 0 Å². The molecule has 0 aliphatic heterocycles. The maximum Gasteiger partial charge on any atom is 0.162 e. The molecule has 0 fully saturated rings. The first-order valence-electron chi connectivity index (χ1n) is 3.74. The van der Waals surface area contributed by atoms with E-state index < -0.39 is 0 Å². The van der Waals surface area contributed by atoms with Gasteiger partial charge in [-0.05, 0) is 19.9 Å². The molecule has 1 aromatic rings. The molecule has 64 valence electrons. The quantitative estimate of drug-likeness (QED) is 0.669. The second kappa shape index (κ2) is 4.16. The van der Waals surface area contributed by atoms with Gasteiger partial charge in [0.15, 0.2) is 5.78 Å². The van der Waals surface area contributed by atoms with Gasteiger partial charge in [0.1, 0.15) is 5.01 Å². The van der Waals surface area contributed by atoms with Gasteiger partial charge >= 0.3 is 0 Å². The molecule has 1 heterocycles. The van der Waals surface area contributed by atoms with Crippen LogP contribution in [-0.4, -0.2) is 10.8 Å². The van der Waals surface area contributed by atoms with Crippen LogP contribution in [0.4, 0.5) is 0 Å². The number of thiazole rings is 1. The number of aromatic nitrogens is 1. The van der Waals surface area contributed by atoms with Crippen molar-refractivity contribution in [1.82, 2.24) is 4.98 Å². The third-order valence-electron chi connectivity index (χ3n) is 1.26. The number of hydrogen-bond acceptors (Lipinski definition) is 3. The second-order valence-electron chi connectivity index (χ2n) is 2.79. The highest BCUT2D eigenvalue weighted by atomic mass is 32.1. The average molecular weight is 181 g/mol. The Morgan fingerprint density at radius 1 is 1.67 bits per heavy atom. The topological polar surface area (TPSA) is 30.0 Å². The minimum absolute atomic E-state index is 0.130. The fourth-order valence-electron chi connectivity index (χ4n) is 0.862. The van der Waals surface area contributed by atoms with E-state index in [1.54, 1.807) is 12.3 Å². The Balaban J connectivity index is 2.54. The Morgan fingerprint density at radius 3 is 2.92 bits per heavy atom. The zero-order valence-corrected chi connectivity index (χ0v) is 8.02. The van der Waals surface area contributed by atoms with Gasteiger partial charge < -0.3 is 0 Å². The third kappa shape index (κ3) is 2.96. The van der Waals surface area contributed by atoms with Crippen molar-refractivity contribution in [2.75, 3.05) is 0 Å². The van der Waals surface area contributed by atoms with E-state index in [1.807, 2.05) is 19.2 Å². The van der Waals surface area contributed by atoms with Crippen LogP contribution < -0.4 is 0 Å². The van der Waals surface area contributed by atoms with Crippen LogP contribution in [0.1, 0.15) is 18.9 Å². The molecular formula is C9H11NOS. The molecular weight excluding hydrogens is 170 g/mol. The zero-order valence-electron chi connectivity index (χ0n) is 7.20. The first kappa shape index (κ1) is 9.13. The van der Waals surface area contributed by atoms with Crippen LogP contribution >= 0.6 is 11.3 Å². The molecule has 3 heteroatoms. The lowest BCUT2D eigenvalue weighted by atomic mass is 10.2. The summed E-state index contributed by atoms with van der Waals surface area (Å²) in [5.74, 6) is 0.130. The maximum atomic E-state index is 11.2. The van der Waals surface area contributed by atoms with Crippen molar-refractivity contribution in [3.05, 3.63) is 28.2 Å². The van der Waals surface area contributed by atoms with Crippen LogP contribution in [0.25, 0.3) is 0 Å². The molecule has 0 saturated carbocycles. The van der Waals surface area contributed by atoms with Crippen molar-refractivity contribution in [3.63, 3.8) is 0 Å². The second-order valence-corrected chi connectivity index (χ2v) is 3.77. The van der Waals surface area contributed by atoms with Crippen molar-refractivity contribution in [1.29, 1.82) is 0 Å². The molecule has 0 unspecified atom stereocenters. The number of nitrogens with zero attached hydrogens (tertiary/aromatic N) is 1. The Kier molecular flexibility index (Phi) is 3.17. The fraction of sp³-hybridized carbons (Fsp3) is 0.333. The molecule has 0 aliphatic carbocycles. The van der Waals surface area contributed by atoms with Gasteiger partial charge in [0.2, 0.25) is 0 Å². The number of rotatable bonds is 3. The van der Waals surface area contributed by atoms with Gasteiger partial charge in [-0.3, -0.25) is 4.79 Å². The highest BCUT2D eigenvalue weighted by Crippen LogP contribution is 2.05. The molecule has 0 radical (unpaired) electrons. The summed E-state index contributed by atoms with van der Waals surface area (Å²) in [6.07, 6.45) is 3.81. The molecule has 2 nitrogen and oxygen atoms in total. The van der Waals surface area contributed by atoms with Crippen molar-refractivity contribution < 1.29 is 4.79 Å². The van der Waals surface area contributed by atoms with Crippen molar-refractivity contribution in [2.45, 2.75) is 20.3 Å². The lowest BCUT2D eigenvalue weighted by Gasteiger charge is -1.90. The smallest absolute Gasteiger partial charge is 0.162 e. The monoisotopic (exact) mass is 181 g/mol. The molecule has 1 rings (SSSR count). The van der Waals surface area contributed by atoms with Crippen LogP contribution in [0.15, 0.2) is 23.2 Å². The fourth-order valence-corrected chi connectivity index (χ4v) is 1.49. The van der Waals surface area contributed by atoms with E-state index in [9.17, 15) is 4.79 Å². The molecule has 0 atom stereocenters. The van der Waals surface area contributed by atoms with E-state index in [2.05, 4.69) is 4.98 Å². The van der Waals surface area contributed by atoms with Gasteiger partial charge in [0.25, 0.3) is 0 Å². The predicted molar refractivity (Wildman–Crippen MR) is 50.3 cm³/mol.